The molecule has 0 radical (unpaired) electrons. The zero-order valence-electron chi connectivity index (χ0n) is 18.4. The minimum absolute atomic E-state index is 0.0731. The fraction of sp³-hybridized carbons (Fsp3) is 0.429. The van der Waals surface area contributed by atoms with Crippen LogP contribution in [0.4, 0.5) is 0 Å². The van der Waals surface area contributed by atoms with E-state index in [-0.39, 0.29) is 19.3 Å². The zero-order valence-corrected chi connectivity index (χ0v) is 18.4. The number of nitrogens with two attached hydrogens (primary N) is 1. The van der Waals surface area contributed by atoms with Crippen LogP contribution in [0, 0.1) is 0 Å². The van der Waals surface area contributed by atoms with Gasteiger partial charge in [0.15, 0.2) is 0 Å². The molecule has 8 N–H and O–H groups in total. The number of carboxylic acids is 3. The van der Waals surface area contributed by atoms with Crippen LogP contribution < -0.4 is 21.7 Å². The fourth-order valence-electron chi connectivity index (χ4n) is 2.80. The van der Waals surface area contributed by atoms with Gasteiger partial charge in [-0.2, -0.15) is 0 Å². The minimum atomic E-state index is -1.62. The van der Waals surface area contributed by atoms with Crippen LogP contribution >= 0.6 is 0 Å². The van der Waals surface area contributed by atoms with Gasteiger partial charge in [0, 0.05) is 12.8 Å². The van der Waals surface area contributed by atoms with E-state index in [1.54, 1.807) is 30.3 Å². The molecule has 0 aliphatic carbocycles. The number of nitrogens with one attached hydrogen (secondary N) is 3. The van der Waals surface area contributed by atoms with Crippen LogP contribution in [0.2, 0.25) is 0 Å². The van der Waals surface area contributed by atoms with E-state index in [4.69, 9.17) is 15.9 Å². The van der Waals surface area contributed by atoms with Gasteiger partial charge in [0.1, 0.15) is 18.1 Å². The van der Waals surface area contributed by atoms with Crippen molar-refractivity contribution in [3.05, 3.63) is 35.9 Å². The number of hydrogen-bond donors (Lipinski definition) is 7. The molecular formula is C21H28N4O9. The molecule has 3 amide bonds. The maximum absolute atomic E-state index is 12.6. The number of hydrogen-bond acceptors (Lipinski definition) is 7. The molecule has 0 heterocycles. The first kappa shape index (κ1) is 28.0. The summed E-state index contributed by atoms with van der Waals surface area (Å²) in [4.78, 5) is 70.4. The molecule has 13 heteroatoms. The normalized spacial score (nSPS) is 14.1. The second-order valence-electron chi connectivity index (χ2n) is 7.52. The van der Waals surface area contributed by atoms with E-state index in [0.29, 0.717) is 5.56 Å². The average molecular weight is 480 g/mol. The van der Waals surface area contributed by atoms with Crippen LogP contribution in [-0.2, 0) is 35.2 Å². The fourth-order valence-corrected chi connectivity index (χ4v) is 2.80. The Bertz CT molecular complexity index is 907. The second-order valence-corrected chi connectivity index (χ2v) is 7.52. The van der Waals surface area contributed by atoms with Crippen molar-refractivity contribution in [3.63, 3.8) is 0 Å². The van der Waals surface area contributed by atoms with Crippen LogP contribution in [0.25, 0.3) is 0 Å². The maximum Gasteiger partial charge on any atom is 0.326 e. The lowest BCUT2D eigenvalue weighted by Gasteiger charge is -2.23. The summed E-state index contributed by atoms with van der Waals surface area (Å²) >= 11 is 0. The highest BCUT2D eigenvalue weighted by Gasteiger charge is 2.30. The molecule has 4 unspecified atom stereocenters. The van der Waals surface area contributed by atoms with Crippen molar-refractivity contribution in [1.29, 1.82) is 0 Å². The molecule has 1 aromatic rings. The number of amides is 3. The van der Waals surface area contributed by atoms with Gasteiger partial charge in [-0.1, -0.05) is 30.3 Å². The molecule has 0 bridgehead atoms. The summed E-state index contributed by atoms with van der Waals surface area (Å²) in [7, 11) is 0. The van der Waals surface area contributed by atoms with Crippen molar-refractivity contribution in [2.24, 2.45) is 5.73 Å². The number of carbonyl (C=O) groups is 6. The Kier molecular flexibility index (Phi) is 11.2. The van der Waals surface area contributed by atoms with Crippen LogP contribution in [0.1, 0.15) is 31.7 Å². The van der Waals surface area contributed by atoms with Crippen molar-refractivity contribution >= 4 is 35.6 Å². The van der Waals surface area contributed by atoms with Gasteiger partial charge in [-0.25, -0.2) is 4.79 Å². The molecule has 1 rings (SSSR count). The summed E-state index contributed by atoms with van der Waals surface area (Å²) < 4.78 is 0. The molecule has 186 valence electrons. The van der Waals surface area contributed by atoms with Crippen LogP contribution in [0.5, 0.6) is 0 Å². The average Bonchev–Trinajstić information content (AvgIpc) is 2.76. The predicted octanol–water partition coefficient (Wildman–Crippen LogP) is -1.55. The quantitative estimate of drug-likeness (QED) is 0.162. The van der Waals surface area contributed by atoms with E-state index in [1.807, 2.05) is 0 Å². The van der Waals surface area contributed by atoms with Gasteiger partial charge in [-0.05, 0) is 18.9 Å². The van der Waals surface area contributed by atoms with E-state index in [1.165, 1.54) is 6.92 Å². The lowest BCUT2D eigenvalue weighted by atomic mass is 10.0. The van der Waals surface area contributed by atoms with Gasteiger partial charge in [-0.15, -0.1) is 0 Å². The lowest BCUT2D eigenvalue weighted by Crippen LogP contribution is -2.57. The Morgan fingerprint density at radius 2 is 1.41 bits per heavy atom. The first-order valence-electron chi connectivity index (χ1n) is 10.3. The topological polar surface area (TPSA) is 225 Å². The molecule has 0 aliphatic rings. The van der Waals surface area contributed by atoms with Gasteiger partial charge >= 0.3 is 17.9 Å². The van der Waals surface area contributed by atoms with E-state index in [9.17, 15) is 33.9 Å². The first-order valence-corrected chi connectivity index (χ1v) is 10.3. The number of rotatable bonds is 14. The van der Waals surface area contributed by atoms with Gasteiger partial charge in [0.25, 0.3) is 0 Å². The lowest BCUT2D eigenvalue weighted by molar-refractivity contribution is -0.143. The summed E-state index contributed by atoms with van der Waals surface area (Å²) in [6.07, 6.45) is -1.44. The molecule has 13 nitrogen and oxygen atoms in total. The van der Waals surface area contributed by atoms with Crippen LogP contribution in [0.15, 0.2) is 30.3 Å². The number of benzene rings is 1. The zero-order chi connectivity index (χ0) is 25.8. The third-order valence-electron chi connectivity index (χ3n) is 4.67. The van der Waals surface area contributed by atoms with Gasteiger partial charge in [0.05, 0.1) is 12.5 Å². The Morgan fingerprint density at radius 1 is 0.824 bits per heavy atom. The Balaban J connectivity index is 2.80. The third kappa shape index (κ3) is 10.1. The SMILES string of the molecule is CC(NC(=O)C(N)CCC(=O)O)C(=O)NC(CC(=O)O)C(=O)NC(Cc1ccccc1)C(=O)O. The molecule has 4 atom stereocenters. The molecule has 0 fully saturated rings. The number of carboxylic acid groups (broad SMARTS) is 3. The third-order valence-corrected chi connectivity index (χ3v) is 4.67. The van der Waals surface area contributed by atoms with Crippen molar-refractivity contribution in [1.82, 2.24) is 16.0 Å². The molecule has 0 aliphatic heterocycles. The highest BCUT2D eigenvalue weighted by Crippen LogP contribution is 2.05. The van der Waals surface area contributed by atoms with E-state index < -0.39 is 66.2 Å². The number of carbonyl (C=O) groups excluding carboxylic acids is 3. The summed E-state index contributed by atoms with van der Waals surface area (Å²) in [5, 5.41) is 33.8. The van der Waals surface area contributed by atoms with Gasteiger partial charge < -0.3 is 37.0 Å². The van der Waals surface area contributed by atoms with E-state index in [0.717, 1.165) is 0 Å². The van der Waals surface area contributed by atoms with Crippen molar-refractivity contribution < 1.29 is 44.1 Å². The van der Waals surface area contributed by atoms with Crippen LogP contribution in [0.3, 0.4) is 0 Å². The van der Waals surface area contributed by atoms with E-state index in [2.05, 4.69) is 16.0 Å². The molecule has 0 saturated heterocycles. The molecule has 0 saturated carbocycles. The summed E-state index contributed by atoms with van der Waals surface area (Å²) in [5.74, 6) is -6.69. The summed E-state index contributed by atoms with van der Waals surface area (Å²) in [6, 6.07) is 2.98. The molecule has 1 aromatic carbocycles. The van der Waals surface area contributed by atoms with Crippen LogP contribution in [-0.4, -0.2) is 75.1 Å². The molecule has 0 aromatic heterocycles. The Hall–Kier alpha value is -4.00. The van der Waals surface area contributed by atoms with Crippen molar-refractivity contribution in [2.75, 3.05) is 0 Å². The second kappa shape index (κ2) is 13.5. The van der Waals surface area contributed by atoms with Crippen molar-refractivity contribution in [2.45, 2.75) is 56.8 Å². The highest BCUT2D eigenvalue weighted by atomic mass is 16.4. The standard InChI is InChI=1S/C21H28N4O9/c1-11(23-19(31)13(22)7-8-16(26)27)18(30)24-14(10-17(28)29)20(32)25-15(21(33)34)9-12-5-3-2-4-6-12/h2-6,11,13-15H,7-10,22H2,1H3,(H,23,31)(H,24,30)(H,25,32)(H,26,27)(H,28,29)(H,33,34). The predicted molar refractivity (Wildman–Crippen MR) is 116 cm³/mol. The minimum Gasteiger partial charge on any atom is -0.481 e. The van der Waals surface area contributed by atoms with E-state index >= 15 is 0 Å². The van der Waals surface area contributed by atoms with Crippen molar-refractivity contribution in [3.8, 4) is 0 Å². The van der Waals surface area contributed by atoms with Gasteiger partial charge in [0.2, 0.25) is 17.7 Å². The number of aliphatic carboxylic acids is 3. The Morgan fingerprint density at radius 3 is 1.94 bits per heavy atom. The highest BCUT2D eigenvalue weighted by molar-refractivity contribution is 5.95. The summed E-state index contributed by atoms with van der Waals surface area (Å²) in [6.45, 7) is 1.25. The maximum atomic E-state index is 12.6. The summed E-state index contributed by atoms with van der Waals surface area (Å²) in [5.41, 5.74) is 6.19. The van der Waals surface area contributed by atoms with Gasteiger partial charge in [-0.3, -0.25) is 24.0 Å². The Labute approximate surface area is 194 Å². The first-order chi connectivity index (χ1) is 15.9. The molecular weight excluding hydrogens is 452 g/mol. The smallest absolute Gasteiger partial charge is 0.326 e. The monoisotopic (exact) mass is 480 g/mol. The molecule has 0 spiro atoms. The largest absolute Gasteiger partial charge is 0.481 e. The molecule has 34 heavy (non-hydrogen) atoms.